The summed E-state index contributed by atoms with van der Waals surface area (Å²) in [5.74, 6) is 0. The van der Waals surface area contributed by atoms with Crippen LogP contribution in [0.3, 0.4) is 0 Å². The van der Waals surface area contributed by atoms with Gasteiger partial charge in [-0.2, -0.15) is 0 Å². The van der Waals surface area contributed by atoms with E-state index < -0.39 is 5.41 Å². The van der Waals surface area contributed by atoms with Gasteiger partial charge in [-0.15, -0.1) is 0 Å². The maximum absolute atomic E-state index is 5.01. The Morgan fingerprint density at radius 3 is 2.05 bits per heavy atom. The molecule has 63 heavy (non-hydrogen) atoms. The fourth-order valence-corrected chi connectivity index (χ4v) is 9.99. The van der Waals surface area contributed by atoms with E-state index in [0.29, 0.717) is 0 Å². The summed E-state index contributed by atoms with van der Waals surface area (Å²) in [5.41, 5.74) is 17.5. The van der Waals surface area contributed by atoms with Crippen LogP contribution in [0.5, 0.6) is 0 Å². The number of hydrogen-bond acceptors (Lipinski definition) is 2. The van der Waals surface area contributed by atoms with Crippen molar-refractivity contribution in [2.75, 3.05) is 9.80 Å². The Kier molecular flexibility index (Phi) is 14.6. The summed E-state index contributed by atoms with van der Waals surface area (Å²) >= 11 is 0. The molecule has 0 heterocycles. The monoisotopic (exact) mass is 837 g/mol. The standard InChI is InChI=1S/C61H76N2/c1-19-23-34-53(45(8)50-33-28-27-30-47(50)21-3)63(54-40-49(58(10,11)12)36-35-43(54)6)56-38-42(5)37-55(46(56)9)62(57(29-20-2)61(17,18)48-31-25-24-26-32-48)44(7)39-52-51(22-4)59(13,14)41-60(52,15)16/h19-23,25,27-40H,2-3,7-8,24,26,41H2,1,4-6,9-18H3/b23-19-,51-22+,52-39+,53-34+,57-29+. The van der Waals surface area contributed by atoms with Crippen LogP contribution in [0.15, 0.2) is 175 Å². The van der Waals surface area contributed by atoms with E-state index in [0.717, 1.165) is 81.2 Å². The van der Waals surface area contributed by atoms with Crippen molar-refractivity contribution in [3.8, 4) is 0 Å². The summed E-state index contributed by atoms with van der Waals surface area (Å²) in [6, 6.07) is 20.0. The number of allylic oxidation sites excluding steroid dienone is 14. The van der Waals surface area contributed by atoms with Crippen LogP contribution in [-0.4, -0.2) is 0 Å². The fourth-order valence-electron chi connectivity index (χ4n) is 9.99. The lowest BCUT2D eigenvalue weighted by Gasteiger charge is -2.41. The van der Waals surface area contributed by atoms with Crippen molar-refractivity contribution in [1.82, 2.24) is 0 Å². The van der Waals surface area contributed by atoms with Gasteiger partial charge in [-0.05, 0) is 162 Å². The highest BCUT2D eigenvalue weighted by molar-refractivity contribution is 5.92. The lowest BCUT2D eigenvalue weighted by atomic mass is 9.77. The molecule has 0 unspecified atom stereocenters. The third-order valence-corrected chi connectivity index (χ3v) is 13.2. The van der Waals surface area contributed by atoms with Gasteiger partial charge in [-0.25, -0.2) is 0 Å². The van der Waals surface area contributed by atoms with Crippen LogP contribution < -0.4 is 9.80 Å². The summed E-state index contributed by atoms with van der Waals surface area (Å²) in [6.45, 7) is 50.4. The van der Waals surface area contributed by atoms with Crippen LogP contribution in [0, 0.1) is 37.0 Å². The smallest absolute Gasteiger partial charge is 0.0534 e. The summed E-state index contributed by atoms with van der Waals surface area (Å²) in [4.78, 5) is 4.89. The van der Waals surface area contributed by atoms with Crippen molar-refractivity contribution in [2.45, 2.75) is 122 Å². The molecule has 0 saturated heterocycles. The van der Waals surface area contributed by atoms with Crippen LogP contribution >= 0.6 is 0 Å². The van der Waals surface area contributed by atoms with Crippen molar-refractivity contribution in [3.63, 3.8) is 0 Å². The fraction of sp³-hybridized carbons (Fsp3) is 0.344. The van der Waals surface area contributed by atoms with Crippen molar-refractivity contribution >= 4 is 28.7 Å². The number of nitrogens with zero attached hydrogens (tertiary/aromatic N) is 2. The Hall–Kier alpha value is -5.60. The first-order valence-electron chi connectivity index (χ1n) is 22.9. The van der Waals surface area contributed by atoms with Gasteiger partial charge in [0, 0.05) is 22.5 Å². The Labute approximate surface area is 383 Å². The Bertz CT molecular complexity index is 2500. The second-order valence-electron chi connectivity index (χ2n) is 20.4. The van der Waals surface area contributed by atoms with Gasteiger partial charge >= 0.3 is 0 Å². The molecule has 0 aliphatic heterocycles. The molecule has 0 aromatic heterocycles. The van der Waals surface area contributed by atoms with E-state index in [2.05, 4.69) is 229 Å². The third kappa shape index (κ3) is 9.97. The molecular weight excluding hydrogens is 761 g/mol. The lowest BCUT2D eigenvalue weighted by Crippen LogP contribution is -2.33. The van der Waals surface area contributed by atoms with Crippen molar-refractivity contribution in [1.29, 1.82) is 0 Å². The first-order valence-corrected chi connectivity index (χ1v) is 22.9. The highest BCUT2D eigenvalue weighted by atomic mass is 15.2. The molecule has 1 saturated carbocycles. The molecule has 0 radical (unpaired) electrons. The first-order chi connectivity index (χ1) is 29.5. The molecule has 2 heteroatoms. The van der Waals surface area contributed by atoms with Crippen molar-refractivity contribution < 1.29 is 0 Å². The predicted molar refractivity (Wildman–Crippen MR) is 281 cm³/mol. The summed E-state index contributed by atoms with van der Waals surface area (Å²) in [5, 5.41) is 0. The third-order valence-electron chi connectivity index (χ3n) is 13.2. The highest BCUT2D eigenvalue weighted by Gasteiger charge is 2.45. The minimum atomic E-state index is -0.395. The number of anilines is 3. The van der Waals surface area contributed by atoms with Crippen molar-refractivity contribution in [3.05, 3.63) is 209 Å². The van der Waals surface area contributed by atoms with Gasteiger partial charge in [0.1, 0.15) is 0 Å². The molecule has 1 fully saturated rings. The van der Waals surface area contributed by atoms with Gasteiger partial charge in [-0.1, -0.05) is 174 Å². The Balaban J connectivity index is 1.94. The average Bonchev–Trinajstić information content (AvgIpc) is 3.41. The van der Waals surface area contributed by atoms with Crippen LogP contribution in [0.2, 0.25) is 0 Å². The van der Waals surface area contributed by atoms with E-state index in [-0.39, 0.29) is 16.2 Å². The molecule has 0 bridgehead atoms. The number of hydrogen-bond donors (Lipinski definition) is 0. The molecule has 2 nitrogen and oxygen atoms in total. The van der Waals surface area contributed by atoms with Gasteiger partial charge in [-0.3, -0.25) is 0 Å². The van der Waals surface area contributed by atoms with Gasteiger partial charge in [0.05, 0.1) is 17.1 Å². The molecule has 0 atom stereocenters. The largest absolute Gasteiger partial charge is 0.314 e. The normalized spacial score (nSPS) is 17.9. The summed E-state index contributed by atoms with van der Waals surface area (Å²) in [6.07, 6.45) is 27.4. The van der Waals surface area contributed by atoms with E-state index in [1.165, 1.54) is 27.8 Å². The first kappa shape index (κ1) is 48.4. The maximum atomic E-state index is 5.01. The average molecular weight is 837 g/mol. The highest BCUT2D eigenvalue weighted by Crippen LogP contribution is 2.57. The van der Waals surface area contributed by atoms with E-state index >= 15 is 0 Å². The molecule has 2 aliphatic rings. The lowest BCUT2D eigenvalue weighted by molar-refractivity contribution is 0.338. The zero-order valence-electron chi connectivity index (χ0n) is 41.4. The van der Waals surface area contributed by atoms with Crippen molar-refractivity contribution in [2.24, 2.45) is 16.2 Å². The molecule has 330 valence electrons. The minimum absolute atomic E-state index is 0.0415. The number of rotatable bonds is 14. The molecular formula is C61H76N2. The topological polar surface area (TPSA) is 6.48 Å². The van der Waals surface area contributed by atoms with Gasteiger partial charge < -0.3 is 9.80 Å². The van der Waals surface area contributed by atoms with E-state index in [1.807, 2.05) is 12.2 Å². The Morgan fingerprint density at radius 1 is 0.778 bits per heavy atom. The molecule has 3 aromatic rings. The quantitative estimate of drug-likeness (QED) is 0.149. The zero-order valence-corrected chi connectivity index (χ0v) is 41.4. The predicted octanol–water partition coefficient (Wildman–Crippen LogP) is 17.9. The number of benzene rings is 3. The SMILES string of the molecule is C=C/C=C(/N(C(=C)/C=C1\C(=C/C)C(C)(C)CC1(C)C)c1cc(C)cc(N(/C(=C/C=C\C)C(=C)c2ccccc2C=C)c2cc(C(C)(C)C)ccc2C)c1C)C(C)(C)C1=CCCC=C1. The number of aryl methyl sites for hydroxylation is 2. The maximum Gasteiger partial charge on any atom is 0.0534 e. The minimum Gasteiger partial charge on any atom is -0.314 e. The van der Waals surface area contributed by atoms with Gasteiger partial charge in [0.2, 0.25) is 0 Å². The second-order valence-corrected chi connectivity index (χ2v) is 20.4. The van der Waals surface area contributed by atoms with Crippen LogP contribution in [-0.2, 0) is 5.41 Å². The van der Waals surface area contributed by atoms with E-state index in [4.69, 9.17) is 13.2 Å². The van der Waals surface area contributed by atoms with Gasteiger partial charge in [0.15, 0.2) is 0 Å². The van der Waals surface area contributed by atoms with E-state index in [9.17, 15) is 0 Å². The molecule has 0 N–H and O–H groups in total. The van der Waals surface area contributed by atoms with Gasteiger partial charge in [0.25, 0.3) is 0 Å². The molecule has 0 amide bonds. The Morgan fingerprint density at radius 2 is 1.44 bits per heavy atom. The van der Waals surface area contributed by atoms with Crippen LogP contribution in [0.4, 0.5) is 17.1 Å². The molecule has 5 rings (SSSR count). The second kappa shape index (κ2) is 19.0. The molecule has 2 aliphatic carbocycles. The zero-order chi connectivity index (χ0) is 46.7. The van der Waals surface area contributed by atoms with Crippen LogP contribution in [0.25, 0.3) is 11.6 Å². The summed E-state index contributed by atoms with van der Waals surface area (Å²) < 4.78 is 0. The van der Waals surface area contributed by atoms with E-state index in [1.54, 1.807) is 0 Å². The summed E-state index contributed by atoms with van der Waals surface area (Å²) in [7, 11) is 0. The van der Waals surface area contributed by atoms with Crippen LogP contribution in [0.1, 0.15) is 129 Å². The molecule has 3 aromatic carbocycles. The molecule has 0 spiro atoms.